The number of nitrogens with zero attached hydrogens (tertiary/aromatic N) is 2. The Morgan fingerprint density at radius 3 is 1.80 bits per heavy atom. The van der Waals surface area contributed by atoms with Crippen LogP contribution in [0.5, 0.6) is 0 Å². The van der Waals surface area contributed by atoms with Crippen molar-refractivity contribution in [1.82, 2.24) is 9.80 Å². The number of likely N-dealkylation sites (tertiary alicyclic amines) is 1. The smallest absolute Gasteiger partial charge is 0.0700 e. The topological polar surface area (TPSA) is 43.4 Å². The minimum absolute atomic E-state index is 0.708. The van der Waals surface area contributed by atoms with Crippen LogP contribution in [0.4, 0.5) is 0 Å². The Labute approximate surface area is 156 Å². The van der Waals surface area contributed by atoms with Crippen molar-refractivity contribution in [3.05, 3.63) is 0 Å². The average Bonchev–Trinajstić information content (AvgIpc) is 2.64. The van der Waals surface area contributed by atoms with Crippen LogP contribution in [0, 0.1) is 0 Å². The summed E-state index contributed by atoms with van der Waals surface area (Å²) >= 11 is 0. The third-order valence-electron chi connectivity index (χ3n) is 3.58. The Morgan fingerprint density at radius 2 is 1.36 bits per heavy atom. The zero-order valence-electron chi connectivity index (χ0n) is 17.7. The summed E-state index contributed by atoms with van der Waals surface area (Å²) in [5.74, 6) is 0. The molecule has 154 valence electrons. The SMILES string of the molecule is CCCOCCOC.COCCN(C)C.COCCN1CCCCC1. The molecular weight excluding hydrogens is 320 g/mol. The molecule has 1 saturated heterocycles. The van der Waals surface area contributed by atoms with Gasteiger partial charge in [-0.3, -0.25) is 0 Å². The van der Waals surface area contributed by atoms with Crippen LogP contribution in [0.1, 0.15) is 32.6 Å². The van der Waals surface area contributed by atoms with Crippen LogP contribution in [0.2, 0.25) is 0 Å². The highest BCUT2D eigenvalue weighted by Crippen LogP contribution is 2.07. The second-order valence-corrected chi connectivity index (χ2v) is 6.30. The maximum Gasteiger partial charge on any atom is 0.0700 e. The van der Waals surface area contributed by atoms with E-state index in [1.165, 1.54) is 32.4 Å². The number of piperidine rings is 1. The number of rotatable bonds is 11. The number of methoxy groups -OCH3 is 3. The third-order valence-corrected chi connectivity index (χ3v) is 3.58. The molecule has 0 spiro atoms. The molecule has 0 atom stereocenters. The first-order valence-electron chi connectivity index (χ1n) is 9.53. The van der Waals surface area contributed by atoms with Gasteiger partial charge in [-0.1, -0.05) is 13.3 Å². The van der Waals surface area contributed by atoms with Crippen molar-refractivity contribution in [2.24, 2.45) is 0 Å². The fraction of sp³-hybridized carbons (Fsp3) is 1.00. The van der Waals surface area contributed by atoms with E-state index in [1.807, 2.05) is 14.1 Å². The summed E-state index contributed by atoms with van der Waals surface area (Å²) in [6.07, 6.45) is 5.26. The highest BCUT2D eigenvalue weighted by Gasteiger charge is 2.08. The van der Waals surface area contributed by atoms with Crippen LogP contribution in [0.25, 0.3) is 0 Å². The molecule has 1 fully saturated rings. The third kappa shape index (κ3) is 26.1. The minimum Gasteiger partial charge on any atom is -0.383 e. The molecule has 0 aromatic carbocycles. The highest BCUT2D eigenvalue weighted by molar-refractivity contribution is 4.63. The second kappa shape index (κ2) is 23.8. The van der Waals surface area contributed by atoms with Gasteiger partial charge in [-0.05, 0) is 46.4 Å². The molecule has 0 saturated carbocycles. The van der Waals surface area contributed by atoms with Gasteiger partial charge >= 0.3 is 0 Å². The van der Waals surface area contributed by atoms with E-state index in [2.05, 4.69) is 16.7 Å². The summed E-state index contributed by atoms with van der Waals surface area (Å²) in [5, 5.41) is 0. The molecule has 0 N–H and O–H groups in total. The summed E-state index contributed by atoms with van der Waals surface area (Å²) < 4.78 is 19.7. The Bertz CT molecular complexity index is 219. The quantitative estimate of drug-likeness (QED) is 0.525. The standard InChI is InChI=1S/C8H17NO.C6H14O2.C5H13NO/c1-10-8-7-9-5-3-2-4-6-9;1-3-4-8-6-5-7-2;1-6(2)4-5-7-3/h2-8H2,1H3;3-6H2,1-2H3;4-5H2,1-3H3. The van der Waals surface area contributed by atoms with E-state index in [1.54, 1.807) is 21.3 Å². The lowest BCUT2D eigenvalue weighted by Crippen LogP contribution is -2.32. The van der Waals surface area contributed by atoms with E-state index in [-0.39, 0.29) is 0 Å². The molecule has 0 unspecified atom stereocenters. The monoisotopic (exact) mass is 364 g/mol. The van der Waals surface area contributed by atoms with Gasteiger partial charge in [0.2, 0.25) is 0 Å². The van der Waals surface area contributed by atoms with E-state index in [0.29, 0.717) is 6.61 Å². The molecule has 1 heterocycles. The fourth-order valence-electron chi connectivity index (χ4n) is 2.07. The maximum absolute atomic E-state index is 5.10. The van der Waals surface area contributed by atoms with Gasteiger partial charge in [-0.15, -0.1) is 0 Å². The van der Waals surface area contributed by atoms with Crippen molar-refractivity contribution in [2.45, 2.75) is 32.6 Å². The van der Waals surface area contributed by atoms with Crippen molar-refractivity contribution < 1.29 is 18.9 Å². The molecule has 0 aromatic rings. The predicted molar refractivity (Wildman–Crippen MR) is 106 cm³/mol. The Hall–Kier alpha value is -0.240. The van der Waals surface area contributed by atoms with Crippen LogP contribution in [0.15, 0.2) is 0 Å². The molecular formula is C19H44N2O4. The van der Waals surface area contributed by atoms with Gasteiger partial charge in [0, 0.05) is 41.0 Å². The predicted octanol–water partition coefficient (Wildman–Crippen LogP) is 2.37. The highest BCUT2D eigenvalue weighted by atomic mass is 16.5. The molecule has 1 aliphatic rings. The summed E-state index contributed by atoms with van der Waals surface area (Å²) in [4.78, 5) is 4.57. The molecule has 0 radical (unpaired) electrons. The summed E-state index contributed by atoms with van der Waals surface area (Å²) in [6, 6.07) is 0. The van der Waals surface area contributed by atoms with E-state index >= 15 is 0 Å². The van der Waals surface area contributed by atoms with Crippen molar-refractivity contribution >= 4 is 0 Å². The average molecular weight is 365 g/mol. The molecule has 1 aliphatic heterocycles. The van der Waals surface area contributed by atoms with Crippen LogP contribution in [-0.4, -0.2) is 104 Å². The van der Waals surface area contributed by atoms with Gasteiger partial charge in [0.15, 0.2) is 0 Å². The molecule has 0 aliphatic carbocycles. The van der Waals surface area contributed by atoms with E-state index in [4.69, 9.17) is 18.9 Å². The lowest BCUT2D eigenvalue weighted by molar-refractivity contribution is 0.0710. The zero-order chi connectivity index (χ0) is 19.2. The van der Waals surface area contributed by atoms with Crippen molar-refractivity contribution in [2.75, 3.05) is 94.6 Å². The normalized spacial score (nSPS) is 14.5. The maximum atomic E-state index is 5.10. The second-order valence-electron chi connectivity index (χ2n) is 6.30. The van der Waals surface area contributed by atoms with E-state index in [0.717, 1.165) is 45.9 Å². The van der Waals surface area contributed by atoms with Crippen LogP contribution in [0.3, 0.4) is 0 Å². The van der Waals surface area contributed by atoms with Crippen LogP contribution < -0.4 is 0 Å². The van der Waals surface area contributed by atoms with Gasteiger partial charge in [0.25, 0.3) is 0 Å². The van der Waals surface area contributed by atoms with Crippen molar-refractivity contribution in [3.63, 3.8) is 0 Å². The molecule has 1 rings (SSSR count). The Morgan fingerprint density at radius 1 is 0.760 bits per heavy atom. The lowest BCUT2D eigenvalue weighted by Gasteiger charge is -2.25. The number of likely N-dealkylation sites (N-methyl/N-ethyl adjacent to an activating group) is 1. The van der Waals surface area contributed by atoms with Crippen molar-refractivity contribution in [3.8, 4) is 0 Å². The van der Waals surface area contributed by atoms with Gasteiger partial charge in [0.1, 0.15) is 0 Å². The molecule has 6 nitrogen and oxygen atoms in total. The minimum atomic E-state index is 0.708. The summed E-state index contributed by atoms with van der Waals surface area (Å²) in [7, 11) is 9.21. The fourth-order valence-corrected chi connectivity index (χ4v) is 2.07. The molecule has 25 heavy (non-hydrogen) atoms. The lowest BCUT2D eigenvalue weighted by atomic mass is 10.1. The number of ether oxygens (including phenoxy) is 4. The van der Waals surface area contributed by atoms with Gasteiger partial charge in [-0.2, -0.15) is 0 Å². The first-order valence-corrected chi connectivity index (χ1v) is 9.53. The molecule has 0 amide bonds. The zero-order valence-corrected chi connectivity index (χ0v) is 17.7. The summed E-state index contributed by atoms with van der Waals surface area (Å²) in [6.45, 7) is 10.8. The Balaban J connectivity index is 0. The number of hydrogen-bond donors (Lipinski definition) is 0. The first kappa shape index (κ1) is 27.0. The first-order chi connectivity index (χ1) is 12.1. The Kier molecular flexibility index (Phi) is 25.6. The molecule has 0 aromatic heterocycles. The van der Waals surface area contributed by atoms with Gasteiger partial charge in [0.05, 0.1) is 26.4 Å². The number of hydrogen-bond acceptors (Lipinski definition) is 6. The van der Waals surface area contributed by atoms with Gasteiger partial charge < -0.3 is 28.7 Å². The molecule has 6 heteroatoms. The van der Waals surface area contributed by atoms with Crippen LogP contribution >= 0.6 is 0 Å². The van der Waals surface area contributed by atoms with Crippen molar-refractivity contribution in [1.29, 1.82) is 0 Å². The van der Waals surface area contributed by atoms with Crippen LogP contribution in [-0.2, 0) is 18.9 Å². The van der Waals surface area contributed by atoms with Gasteiger partial charge in [-0.25, -0.2) is 0 Å². The largest absolute Gasteiger partial charge is 0.383 e. The summed E-state index contributed by atoms with van der Waals surface area (Å²) in [5.41, 5.74) is 0. The van der Waals surface area contributed by atoms with E-state index < -0.39 is 0 Å². The molecule has 0 bridgehead atoms. The van der Waals surface area contributed by atoms with E-state index in [9.17, 15) is 0 Å².